The molecule has 0 aliphatic rings. The van der Waals surface area contributed by atoms with Crippen LogP contribution in [-0.2, 0) is 14.4 Å². The lowest BCUT2D eigenvalue weighted by Gasteiger charge is -1.96. The molecule has 0 aliphatic carbocycles. The summed E-state index contributed by atoms with van der Waals surface area (Å²) < 4.78 is 0. The third kappa shape index (κ3) is 23.9. The van der Waals surface area contributed by atoms with E-state index in [4.69, 9.17) is 15.3 Å². The van der Waals surface area contributed by atoms with Gasteiger partial charge in [-0.15, -0.1) is 0 Å². The number of unbranched alkanes of at least 4 members (excludes halogenated alkanes) is 1. The topological polar surface area (TPSA) is 136 Å². The number of hydrogen-bond donors (Lipinski definition) is 5. The average Bonchev–Trinajstić information content (AvgIpc) is 2.24. The van der Waals surface area contributed by atoms with Crippen LogP contribution in [0.3, 0.4) is 0 Å². The van der Waals surface area contributed by atoms with Crippen LogP contribution in [0.1, 0.15) is 19.8 Å². The van der Waals surface area contributed by atoms with E-state index < -0.39 is 17.9 Å². The van der Waals surface area contributed by atoms with E-state index in [1.165, 1.54) is 0 Å². The van der Waals surface area contributed by atoms with Crippen LogP contribution in [0.25, 0.3) is 0 Å². The standard InChI is InChI=1S/C6H13NO2.C4H7NO4/c1-2-3-4-7-5-6(8)9;6-3(7)1-5-2-4(8)9/h7H,2-5H2,1H3,(H,8,9);5H,1-2H2,(H,6,7)(H,8,9). The lowest BCUT2D eigenvalue weighted by Crippen LogP contribution is -2.27. The molecule has 0 radical (unpaired) electrons. The van der Waals surface area contributed by atoms with Gasteiger partial charge in [0.2, 0.25) is 0 Å². The molecule has 0 amide bonds. The quantitative estimate of drug-likeness (QED) is 0.342. The van der Waals surface area contributed by atoms with Crippen molar-refractivity contribution in [2.75, 3.05) is 26.2 Å². The zero-order chi connectivity index (χ0) is 14.4. The van der Waals surface area contributed by atoms with Crippen LogP contribution in [-0.4, -0.2) is 59.4 Å². The van der Waals surface area contributed by atoms with E-state index in [2.05, 4.69) is 17.6 Å². The molecule has 106 valence electrons. The third-order valence-electron chi connectivity index (χ3n) is 1.54. The Hall–Kier alpha value is -1.67. The second-order valence-corrected chi connectivity index (χ2v) is 3.32. The molecule has 0 saturated carbocycles. The SMILES string of the molecule is CCCCNCC(=O)O.O=C(O)CNCC(=O)O. The molecule has 0 aliphatic heterocycles. The van der Waals surface area contributed by atoms with Crippen molar-refractivity contribution in [3.63, 3.8) is 0 Å². The Balaban J connectivity index is 0. The van der Waals surface area contributed by atoms with Crippen LogP contribution in [0.15, 0.2) is 0 Å². The fourth-order valence-electron chi connectivity index (χ4n) is 0.773. The van der Waals surface area contributed by atoms with Gasteiger partial charge in [0.15, 0.2) is 0 Å². The molecule has 0 rings (SSSR count). The van der Waals surface area contributed by atoms with Crippen LogP contribution in [0.5, 0.6) is 0 Å². The molecule has 0 aromatic rings. The fourth-order valence-corrected chi connectivity index (χ4v) is 0.773. The first-order valence-corrected chi connectivity index (χ1v) is 5.47. The van der Waals surface area contributed by atoms with Gasteiger partial charge in [-0.3, -0.25) is 19.7 Å². The summed E-state index contributed by atoms with van der Waals surface area (Å²) in [7, 11) is 0. The van der Waals surface area contributed by atoms with Crippen molar-refractivity contribution < 1.29 is 29.7 Å². The number of carbonyl (C=O) groups is 3. The molecule has 8 nitrogen and oxygen atoms in total. The Kier molecular flexibility index (Phi) is 13.9. The lowest BCUT2D eigenvalue weighted by atomic mass is 10.3. The summed E-state index contributed by atoms with van der Waals surface area (Å²) in [6, 6.07) is 0. The summed E-state index contributed by atoms with van der Waals surface area (Å²) in [6.45, 7) is 2.34. The molecule has 18 heavy (non-hydrogen) atoms. The fraction of sp³-hybridized carbons (Fsp3) is 0.700. The van der Waals surface area contributed by atoms with Crippen molar-refractivity contribution >= 4 is 17.9 Å². The number of aliphatic carboxylic acids is 3. The van der Waals surface area contributed by atoms with E-state index in [-0.39, 0.29) is 19.6 Å². The molecule has 0 aromatic heterocycles. The molecule has 0 fully saturated rings. The highest BCUT2D eigenvalue weighted by molar-refractivity contribution is 5.72. The maximum Gasteiger partial charge on any atom is 0.317 e. The van der Waals surface area contributed by atoms with E-state index in [0.717, 1.165) is 19.4 Å². The predicted octanol–water partition coefficient (Wildman–Crippen LogP) is -0.794. The summed E-state index contributed by atoms with van der Waals surface area (Å²) in [5.41, 5.74) is 0. The van der Waals surface area contributed by atoms with Crippen LogP contribution >= 0.6 is 0 Å². The number of rotatable bonds is 9. The highest BCUT2D eigenvalue weighted by atomic mass is 16.4. The minimum absolute atomic E-state index is 0.0833. The van der Waals surface area contributed by atoms with Crippen molar-refractivity contribution in [1.29, 1.82) is 0 Å². The van der Waals surface area contributed by atoms with Gasteiger partial charge in [0.05, 0.1) is 19.6 Å². The Labute approximate surface area is 105 Å². The van der Waals surface area contributed by atoms with Gasteiger partial charge in [-0.2, -0.15) is 0 Å². The Morgan fingerprint density at radius 3 is 1.56 bits per heavy atom. The Morgan fingerprint density at radius 1 is 0.833 bits per heavy atom. The second-order valence-electron chi connectivity index (χ2n) is 3.32. The first-order chi connectivity index (χ1) is 8.40. The average molecular weight is 264 g/mol. The van der Waals surface area contributed by atoms with Gasteiger partial charge in [-0.25, -0.2) is 0 Å². The highest BCUT2D eigenvalue weighted by Gasteiger charge is 1.97. The first-order valence-electron chi connectivity index (χ1n) is 5.47. The molecule has 8 heteroatoms. The molecule has 0 unspecified atom stereocenters. The maximum absolute atomic E-state index is 9.90. The summed E-state index contributed by atoms with van der Waals surface area (Å²) in [5.74, 6) is -2.90. The molecule has 0 aromatic carbocycles. The van der Waals surface area contributed by atoms with Gasteiger partial charge in [0.25, 0.3) is 0 Å². The number of carboxylic acids is 3. The summed E-state index contributed by atoms with van der Waals surface area (Å²) in [6.07, 6.45) is 2.15. The molecular formula is C10H20N2O6. The number of carboxylic acid groups (broad SMARTS) is 3. The predicted molar refractivity (Wildman–Crippen MR) is 63.6 cm³/mol. The maximum atomic E-state index is 9.90. The van der Waals surface area contributed by atoms with Gasteiger partial charge in [-0.1, -0.05) is 13.3 Å². The van der Waals surface area contributed by atoms with Crippen molar-refractivity contribution in [2.45, 2.75) is 19.8 Å². The Bertz CT molecular complexity index is 243. The van der Waals surface area contributed by atoms with E-state index in [9.17, 15) is 14.4 Å². The molecule has 5 N–H and O–H groups in total. The smallest absolute Gasteiger partial charge is 0.317 e. The molecule has 0 spiro atoms. The first kappa shape index (κ1) is 18.7. The van der Waals surface area contributed by atoms with Crippen molar-refractivity contribution in [2.24, 2.45) is 0 Å². The normalized spacial score (nSPS) is 9.17. The third-order valence-corrected chi connectivity index (χ3v) is 1.54. The molecular weight excluding hydrogens is 244 g/mol. The molecule has 0 atom stereocenters. The summed E-state index contributed by atoms with van der Waals surface area (Å²) >= 11 is 0. The van der Waals surface area contributed by atoms with Crippen molar-refractivity contribution in [1.82, 2.24) is 10.6 Å². The number of nitrogens with one attached hydrogen (secondary N) is 2. The van der Waals surface area contributed by atoms with Gasteiger partial charge in [0, 0.05) is 0 Å². The monoisotopic (exact) mass is 264 g/mol. The molecule has 0 saturated heterocycles. The zero-order valence-electron chi connectivity index (χ0n) is 10.3. The van der Waals surface area contributed by atoms with Crippen LogP contribution in [0.4, 0.5) is 0 Å². The van der Waals surface area contributed by atoms with Crippen LogP contribution < -0.4 is 10.6 Å². The van der Waals surface area contributed by atoms with E-state index in [1.54, 1.807) is 0 Å². The van der Waals surface area contributed by atoms with Crippen molar-refractivity contribution in [3.8, 4) is 0 Å². The summed E-state index contributed by atoms with van der Waals surface area (Å²) in [5, 5.41) is 29.1. The minimum Gasteiger partial charge on any atom is -0.480 e. The highest BCUT2D eigenvalue weighted by Crippen LogP contribution is 1.80. The van der Waals surface area contributed by atoms with E-state index >= 15 is 0 Å². The molecule has 0 heterocycles. The van der Waals surface area contributed by atoms with Gasteiger partial charge < -0.3 is 20.6 Å². The molecule has 0 bridgehead atoms. The second kappa shape index (κ2) is 13.4. The van der Waals surface area contributed by atoms with Gasteiger partial charge >= 0.3 is 17.9 Å². The van der Waals surface area contributed by atoms with Gasteiger partial charge in [0.1, 0.15) is 0 Å². The Morgan fingerprint density at radius 2 is 1.22 bits per heavy atom. The van der Waals surface area contributed by atoms with E-state index in [0.29, 0.717) is 0 Å². The van der Waals surface area contributed by atoms with Crippen LogP contribution in [0, 0.1) is 0 Å². The largest absolute Gasteiger partial charge is 0.480 e. The zero-order valence-corrected chi connectivity index (χ0v) is 10.3. The number of hydrogen-bond acceptors (Lipinski definition) is 5. The lowest BCUT2D eigenvalue weighted by molar-refractivity contribution is -0.138. The van der Waals surface area contributed by atoms with Gasteiger partial charge in [-0.05, 0) is 13.0 Å². The van der Waals surface area contributed by atoms with Crippen molar-refractivity contribution in [3.05, 3.63) is 0 Å². The van der Waals surface area contributed by atoms with Crippen LogP contribution in [0.2, 0.25) is 0 Å². The van der Waals surface area contributed by atoms with E-state index in [1.807, 2.05) is 0 Å². The minimum atomic E-state index is -1.06. The summed E-state index contributed by atoms with van der Waals surface area (Å²) in [4.78, 5) is 29.4.